The van der Waals surface area contributed by atoms with Crippen LogP contribution in [0, 0.1) is 6.92 Å². The molecule has 0 saturated heterocycles. The average Bonchev–Trinajstić information content (AvgIpc) is 3.00. The van der Waals surface area contributed by atoms with Crippen molar-refractivity contribution in [3.63, 3.8) is 0 Å². The molecule has 0 bridgehead atoms. The highest BCUT2D eigenvalue weighted by molar-refractivity contribution is 7.84. The number of nitrogens with one attached hydrogen (secondary N) is 1. The van der Waals surface area contributed by atoms with Crippen LogP contribution < -0.4 is 5.32 Å². The molecule has 1 atom stereocenters. The molecule has 23 heavy (non-hydrogen) atoms. The molecule has 0 fully saturated rings. The fraction of sp³-hybridized carbons (Fsp3) is 0.167. The summed E-state index contributed by atoms with van der Waals surface area (Å²) >= 11 is 0. The highest BCUT2D eigenvalue weighted by Crippen LogP contribution is 2.16. The number of rotatable bonds is 6. The van der Waals surface area contributed by atoms with Crippen molar-refractivity contribution in [3.05, 3.63) is 77.7 Å². The fourth-order valence-corrected chi connectivity index (χ4v) is 3.38. The highest BCUT2D eigenvalue weighted by atomic mass is 32.2. The Balaban J connectivity index is 1.64. The van der Waals surface area contributed by atoms with Crippen LogP contribution in [0.15, 0.2) is 70.1 Å². The first-order valence-electron chi connectivity index (χ1n) is 7.39. The van der Waals surface area contributed by atoms with Crippen LogP contribution in [0.1, 0.15) is 17.0 Å². The molecule has 0 saturated carbocycles. The van der Waals surface area contributed by atoms with E-state index in [0.717, 1.165) is 27.6 Å². The minimum Gasteiger partial charge on any atom is -0.379 e. The number of hydrogen-bond acceptors (Lipinski definition) is 4. The quantitative estimate of drug-likeness (QED) is 0.746. The summed E-state index contributed by atoms with van der Waals surface area (Å²) in [5.41, 5.74) is 2.88. The number of anilines is 1. The van der Waals surface area contributed by atoms with Crippen molar-refractivity contribution in [3.8, 4) is 0 Å². The predicted molar refractivity (Wildman–Crippen MR) is 91.6 cm³/mol. The van der Waals surface area contributed by atoms with Gasteiger partial charge in [0, 0.05) is 16.6 Å². The van der Waals surface area contributed by atoms with Crippen LogP contribution in [0.3, 0.4) is 0 Å². The lowest BCUT2D eigenvalue weighted by molar-refractivity contribution is 0.391. The lowest BCUT2D eigenvalue weighted by Crippen LogP contribution is -2.01. The van der Waals surface area contributed by atoms with Gasteiger partial charge in [-0.3, -0.25) is 4.21 Å². The number of hydrogen-bond donors (Lipinski definition) is 1. The molecule has 118 valence electrons. The maximum atomic E-state index is 12.4. The van der Waals surface area contributed by atoms with Gasteiger partial charge in [-0.05, 0) is 36.8 Å². The average molecular weight is 326 g/mol. The summed E-state index contributed by atoms with van der Waals surface area (Å²) in [6.45, 7) is 2.47. The van der Waals surface area contributed by atoms with Gasteiger partial charge >= 0.3 is 0 Å². The lowest BCUT2D eigenvalue weighted by Gasteiger charge is -2.07. The van der Waals surface area contributed by atoms with E-state index in [2.05, 4.69) is 10.5 Å². The van der Waals surface area contributed by atoms with Gasteiger partial charge in [0.15, 0.2) is 0 Å². The van der Waals surface area contributed by atoms with E-state index in [1.165, 1.54) is 0 Å². The smallest absolute Gasteiger partial charge is 0.133 e. The maximum absolute atomic E-state index is 12.4. The normalized spacial score (nSPS) is 12.0. The molecular formula is C18H18N2O2S. The molecule has 0 spiro atoms. The summed E-state index contributed by atoms with van der Waals surface area (Å²) in [5, 5.41) is 7.26. The van der Waals surface area contributed by atoms with Crippen molar-refractivity contribution in [2.45, 2.75) is 24.1 Å². The standard InChI is InChI=1S/C18H18N2O2S/c1-14-10-17(20-22-14)12-19-16-7-5-6-15(11-16)13-23(21)18-8-3-2-4-9-18/h2-11,19H,12-13H2,1H3. The van der Waals surface area contributed by atoms with Crippen molar-refractivity contribution < 1.29 is 8.73 Å². The zero-order valence-electron chi connectivity index (χ0n) is 12.9. The summed E-state index contributed by atoms with van der Waals surface area (Å²) in [6, 6.07) is 19.4. The molecule has 0 radical (unpaired) electrons. The van der Waals surface area contributed by atoms with Gasteiger partial charge < -0.3 is 9.84 Å². The van der Waals surface area contributed by atoms with Crippen molar-refractivity contribution in [1.82, 2.24) is 5.16 Å². The Labute approximate surface area is 138 Å². The molecule has 0 aliphatic carbocycles. The topological polar surface area (TPSA) is 55.1 Å². The Kier molecular flexibility index (Phi) is 4.88. The van der Waals surface area contributed by atoms with E-state index in [4.69, 9.17) is 4.52 Å². The van der Waals surface area contributed by atoms with E-state index in [9.17, 15) is 4.21 Å². The fourth-order valence-electron chi connectivity index (χ4n) is 2.27. The van der Waals surface area contributed by atoms with Gasteiger partial charge in [0.2, 0.25) is 0 Å². The van der Waals surface area contributed by atoms with Crippen molar-refractivity contribution in [2.24, 2.45) is 0 Å². The van der Waals surface area contributed by atoms with E-state index in [-0.39, 0.29) is 0 Å². The summed E-state index contributed by atoms with van der Waals surface area (Å²) < 4.78 is 17.4. The van der Waals surface area contributed by atoms with Crippen molar-refractivity contribution in [2.75, 3.05) is 5.32 Å². The van der Waals surface area contributed by atoms with Gasteiger partial charge in [0.1, 0.15) is 11.5 Å². The Hall–Kier alpha value is -2.40. The predicted octanol–water partition coefficient (Wildman–Crippen LogP) is 3.90. The van der Waals surface area contributed by atoms with Crippen LogP contribution in [0.25, 0.3) is 0 Å². The van der Waals surface area contributed by atoms with Gasteiger partial charge in [-0.25, -0.2) is 0 Å². The van der Waals surface area contributed by atoms with E-state index in [0.29, 0.717) is 12.3 Å². The van der Waals surface area contributed by atoms with E-state index in [1.54, 1.807) is 0 Å². The first kappa shape index (κ1) is 15.5. The van der Waals surface area contributed by atoms with Gasteiger partial charge in [-0.2, -0.15) is 0 Å². The van der Waals surface area contributed by atoms with Crippen LogP contribution in [-0.2, 0) is 23.1 Å². The first-order valence-corrected chi connectivity index (χ1v) is 8.71. The third-order valence-electron chi connectivity index (χ3n) is 3.38. The molecule has 2 aromatic carbocycles. The monoisotopic (exact) mass is 326 g/mol. The summed E-state index contributed by atoms with van der Waals surface area (Å²) in [4.78, 5) is 0.851. The minimum absolute atomic E-state index is 0.503. The van der Waals surface area contributed by atoms with E-state index < -0.39 is 10.8 Å². The molecule has 3 rings (SSSR count). The van der Waals surface area contributed by atoms with Gasteiger partial charge in [0.05, 0.1) is 23.1 Å². The van der Waals surface area contributed by atoms with Gasteiger partial charge in [0.25, 0.3) is 0 Å². The Morgan fingerprint density at radius 1 is 1.09 bits per heavy atom. The molecule has 5 heteroatoms. The van der Waals surface area contributed by atoms with Gasteiger partial charge in [-0.1, -0.05) is 35.5 Å². The van der Waals surface area contributed by atoms with Crippen molar-refractivity contribution >= 4 is 16.5 Å². The lowest BCUT2D eigenvalue weighted by atomic mass is 10.2. The molecular weight excluding hydrogens is 308 g/mol. The molecule has 4 nitrogen and oxygen atoms in total. The van der Waals surface area contributed by atoms with Crippen LogP contribution in [-0.4, -0.2) is 9.37 Å². The van der Waals surface area contributed by atoms with E-state index in [1.807, 2.05) is 67.6 Å². The highest BCUT2D eigenvalue weighted by Gasteiger charge is 2.06. The molecule has 1 unspecified atom stereocenters. The minimum atomic E-state index is -1.03. The zero-order chi connectivity index (χ0) is 16.1. The number of aryl methyl sites for hydroxylation is 1. The van der Waals surface area contributed by atoms with Crippen LogP contribution >= 0.6 is 0 Å². The third kappa shape index (κ3) is 4.29. The van der Waals surface area contributed by atoms with Crippen LogP contribution in [0.2, 0.25) is 0 Å². The Bertz CT molecular complexity index is 800. The Morgan fingerprint density at radius 2 is 1.91 bits per heavy atom. The van der Waals surface area contributed by atoms with Crippen molar-refractivity contribution in [1.29, 1.82) is 0 Å². The Morgan fingerprint density at radius 3 is 2.65 bits per heavy atom. The van der Waals surface area contributed by atoms with Crippen LogP contribution in [0.5, 0.6) is 0 Å². The number of nitrogens with zero attached hydrogens (tertiary/aromatic N) is 1. The SMILES string of the molecule is Cc1cc(CNc2cccc(CS(=O)c3ccccc3)c2)no1. The molecule has 1 heterocycles. The van der Waals surface area contributed by atoms with Crippen LogP contribution in [0.4, 0.5) is 5.69 Å². The molecule has 0 aliphatic heterocycles. The molecule has 1 aromatic heterocycles. The molecule has 0 aliphatic rings. The molecule has 0 amide bonds. The summed E-state index contributed by atoms with van der Waals surface area (Å²) in [6.07, 6.45) is 0. The largest absolute Gasteiger partial charge is 0.379 e. The second-order valence-corrected chi connectivity index (χ2v) is 6.74. The molecule has 3 aromatic rings. The second kappa shape index (κ2) is 7.24. The maximum Gasteiger partial charge on any atom is 0.133 e. The number of benzene rings is 2. The van der Waals surface area contributed by atoms with Gasteiger partial charge in [-0.15, -0.1) is 0 Å². The number of aromatic nitrogens is 1. The van der Waals surface area contributed by atoms with E-state index >= 15 is 0 Å². The zero-order valence-corrected chi connectivity index (χ0v) is 13.7. The third-order valence-corrected chi connectivity index (χ3v) is 4.77. The molecule has 1 N–H and O–H groups in total. The summed E-state index contributed by atoms with van der Waals surface area (Å²) in [5.74, 6) is 1.30. The second-order valence-electron chi connectivity index (χ2n) is 5.29. The summed E-state index contributed by atoms with van der Waals surface area (Å²) in [7, 11) is -1.03. The first-order chi connectivity index (χ1) is 11.2.